The molecular formula is C17H21N3O5S. The third-order valence-electron chi connectivity index (χ3n) is 3.56. The molecule has 2 aromatic rings. The van der Waals surface area contributed by atoms with Crippen LogP contribution in [-0.4, -0.2) is 40.8 Å². The lowest BCUT2D eigenvalue weighted by molar-refractivity contribution is -0.116. The second-order valence-corrected chi connectivity index (χ2v) is 6.40. The Kier molecular flexibility index (Phi) is 6.51. The topological polar surface area (TPSA) is 99.5 Å². The third kappa shape index (κ3) is 4.29. The number of hydrogen-bond donors (Lipinski definition) is 1. The van der Waals surface area contributed by atoms with E-state index in [4.69, 9.17) is 9.47 Å². The van der Waals surface area contributed by atoms with Gasteiger partial charge >= 0.3 is 11.9 Å². The molecule has 0 aromatic carbocycles. The third-order valence-corrected chi connectivity index (χ3v) is 4.75. The van der Waals surface area contributed by atoms with Crippen LogP contribution in [0, 0.1) is 13.8 Å². The minimum absolute atomic E-state index is 0.00716. The van der Waals surface area contributed by atoms with Gasteiger partial charge in [-0.1, -0.05) is 0 Å². The van der Waals surface area contributed by atoms with Crippen LogP contribution in [0.1, 0.15) is 45.1 Å². The van der Waals surface area contributed by atoms with E-state index in [1.807, 2.05) is 6.92 Å². The molecule has 26 heavy (non-hydrogen) atoms. The lowest BCUT2D eigenvalue weighted by atomic mass is 10.1. The minimum atomic E-state index is -0.595. The smallest absolute Gasteiger partial charge is 0.348 e. The summed E-state index contributed by atoms with van der Waals surface area (Å²) < 4.78 is 11.6. The molecule has 8 nitrogen and oxygen atoms in total. The lowest BCUT2D eigenvalue weighted by Crippen LogP contribution is -2.21. The standard InChI is InChI=1S/C17H21N3O5S/c1-5-24-16(22)13-11(4)14(17(23)25-6-2)26-15(13)19-12(21)9-20-10(3)7-8-18-20/h7-8H,5-6,9H2,1-4H3,(H,19,21). The maximum atomic E-state index is 12.3. The molecule has 9 heteroatoms. The first kappa shape index (κ1) is 19.6. The van der Waals surface area contributed by atoms with E-state index >= 15 is 0 Å². The summed E-state index contributed by atoms with van der Waals surface area (Å²) in [6.45, 7) is 7.23. The zero-order valence-corrected chi connectivity index (χ0v) is 15.9. The summed E-state index contributed by atoms with van der Waals surface area (Å²) in [5.74, 6) is -1.50. The zero-order valence-electron chi connectivity index (χ0n) is 15.1. The molecular weight excluding hydrogens is 358 g/mol. The van der Waals surface area contributed by atoms with Crippen molar-refractivity contribution in [2.24, 2.45) is 0 Å². The number of amides is 1. The highest BCUT2D eigenvalue weighted by molar-refractivity contribution is 7.18. The minimum Gasteiger partial charge on any atom is -0.462 e. The van der Waals surface area contributed by atoms with Crippen LogP contribution in [0.2, 0.25) is 0 Å². The number of nitrogens with zero attached hydrogens (tertiary/aromatic N) is 2. The number of carbonyl (C=O) groups excluding carboxylic acids is 3. The lowest BCUT2D eigenvalue weighted by Gasteiger charge is -2.08. The highest BCUT2D eigenvalue weighted by Crippen LogP contribution is 2.34. The van der Waals surface area contributed by atoms with Crippen molar-refractivity contribution in [3.05, 3.63) is 34.0 Å². The van der Waals surface area contributed by atoms with E-state index in [2.05, 4.69) is 10.4 Å². The van der Waals surface area contributed by atoms with Crippen molar-refractivity contribution >= 4 is 34.2 Å². The number of aromatic nitrogens is 2. The van der Waals surface area contributed by atoms with Gasteiger partial charge < -0.3 is 14.8 Å². The van der Waals surface area contributed by atoms with Gasteiger partial charge in [0.25, 0.3) is 0 Å². The van der Waals surface area contributed by atoms with Gasteiger partial charge in [-0.15, -0.1) is 11.3 Å². The molecule has 0 radical (unpaired) electrons. The van der Waals surface area contributed by atoms with Crippen LogP contribution in [0.15, 0.2) is 12.3 Å². The molecule has 0 aliphatic carbocycles. The fraction of sp³-hybridized carbons (Fsp3) is 0.412. The summed E-state index contributed by atoms with van der Waals surface area (Å²) in [6.07, 6.45) is 1.60. The molecule has 2 aromatic heterocycles. The predicted octanol–water partition coefficient (Wildman–Crippen LogP) is 2.55. The van der Waals surface area contributed by atoms with Gasteiger partial charge in [0.05, 0.1) is 18.8 Å². The van der Waals surface area contributed by atoms with Gasteiger partial charge in [0, 0.05) is 11.9 Å². The van der Waals surface area contributed by atoms with Crippen molar-refractivity contribution in [1.29, 1.82) is 0 Å². The van der Waals surface area contributed by atoms with Gasteiger partial charge in [0.2, 0.25) is 5.91 Å². The van der Waals surface area contributed by atoms with Gasteiger partial charge in [0.1, 0.15) is 16.4 Å². The summed E-state index contributed by atoms with van der Waals surface area (Å²) in [6, 6.07) is 1.78. The van der Waals surface area contributed by atoms with Crippen molar-refractivity contribution in [2.75, 3.05) is 18.5 Å². The van der Waals surface area contributed by atoms with Gasteiger partial charge in [-0.2, -0.15) is 5.10 Å². The number of nitrogens with one attached hydrogen (secondary N) is 1. The maximum Gasteiger partial charge on any atom is 0.348 e. The Bertz CT molecular complexity index is 824. The highest BCUT2D eigenvalue weighted by Gasteiger charge is 2.27. The first-order valence-corrected chi connectivity index (χ1v) is 8.96. The van der Waals surface area contributed by atoms with E-state index in [0.717, 1.165) is 17.0 Å². The monoisotopic (exact) mass is 379 g/mol. The normalized spacial score (nSPS) is 10.5. The molecule has 0 saturated heterocycles. The van der Waals surface area contributed by atoms with E-state index in [1.165, 1.54) is 4.68 Å². The van der Waals surface area contributed by atoms with Crippen LogP contribution in [0.5, 0.6) is 0 Å². The molecule has 2 heterocycles. The fourth-order valence-corrected chi connectivity index (χ4v) is 3.41. The largest absolute Gasteiger partial charge is 0.462 e. The van der Waals surface area contributed by atoms with Crippen LogP contribution in [0.25, 0.3) is 0 Å². The van der Waals surface area contributed by atoms with Crippen LogP contribution >= 0.6 is 11.3 Å². The Labute approximate surface area is 155 Å². The Balaban J connectivity index is 2.31. The van der Waals surface area contributed by atoms with E-state index in [0.29, 0.717) is 5.56 Å². The number of aryl methyl sites for hydroxylation is 1. The fourth-order valence-electron chi connectivity index (χ4n) is 2.31. The molecule has 0 bridgehead atoms. The second-order valence-electron chi connectivity index (χ2n) is 5.38. The average Bonchev–Trinajstić information content (AvgIpc) is 3.11. The molecule has 0 saturated carbocycles. The number of esters is 2. The number of hydrogen-bond acceptors (Lipinski definition) is 7. The van der Waals surface area contributed by atoms with Gasteiger partial charge in [-0.3, -0.25) is 9.48 Å². The predicted molar refractivity (Wildman–Crippen MR) is 96.6 cm³/mol. The molecule has 0 aliphatic rings. The summed E-state index contributed by atoms with van der Waals surface area (Å²) in [5.41, 5.74) is 1.43. The maximum absolute atomic E-state index is 12.3. The highest BCUT2D eigenvalue weighted by atomic mass is 32.1. The molecule has 2 rings (SSSR count). The van der Waals surface area contributed by atoms with Crippen LogP contribution in [-0.2, 0) is 20.8 Å². The van der Waals surface area contributed by atoms with Gasteiger partial charge in [0.15, 0.2) is 0 Å². The average molecular weight is 379 g/mol. The molecule has 0 aliphatic heterocycles. The van der Waals surface area contributed by atoms with Crippen molar-refractivity contribution in [2.45, 2.75) is 34.2 Å². The molecule has 1 amide bonds. The van der Waals surface area contributed by atoms with E-state index in [1.54, 1.807) is 33.0 Å². The summed E-state index contributed by atoms with van der Waals surface area (Å²) in [7, 11) is 0. The van der Waals surface area contributed by atoms with Crippen LogP contribution < -0.4 is 5.32 Å². The summed E-state index contributed by atoms with van der Waals surface area (Å²) in [5, 5.41) is 7.00. The van der Waals surface area contributed by atoms with Gasteiger partial charge in [-0.05, 0) is 39.3 Å². The second kappa shape index (κ2) is 8.61. The number of ether oxygens (including phenoxy) is 2. The zero-order chi connectivity index (χ0) is 19.3. The Hall–Kier alpha value is -2.68. The molecule has 0 atom stereocenters. The van der Waals surface area contributed by atoms with Crippen molar-refractivity contribution in [3.8, 4) is 0 Å². The molecule has 0 fully saturated rings. The van der Waals surface area contributed by atoms with Crippen molar-refractivity contribution in [3.63, 3.8) is 0 Å². The van der Waals surface area contributed by atoms with Crippen LogP contribution in [0.3, 0.4) is 0 Å². The van der Waals surface area contributed by atoms with Crippen molar-refractivity contribution < 1.29 is 23.9 Å². The van der Waals surface area contributed by atoms with Gasteiger partial charge in [-0.25, -0.2) is 9.59 Å². The quantitative estimate of drug-likeness (QED) is 0.742. The number of carbonyl (C=O) groups is 3. The first-order valence-electron chi connectivity index (χ1n) is 8.14. The van der Waals surface area contributed by atoms with Crippen LogP contribution in [0.4, 0.5) is 5.00 Å². The molecule has 0 spiro atoms. The molecule has 1 N–H and O–H groups in total. The van der Waals surface area contributed by atoms with E-state index in [9.17, 15) is 14.4 Å². The molecule has 0 unspecified atom stereocenters. The van der Waals surface area contributed by atoms with Crippen molar-refractivity contribution in [1.82, 2.24) is 9.78 Å². The summed E-state index contributed by atoms with van der Waals surface area (Å²) >= 11 is 0.997. The van der Waals surface area contributed by atoms with E-state index in [-0.39, 0.29) is 41.1 Å². The Morgan fingerprint density at radius 1 is 1.15 bits per heavy atom. The summed E-state index contributed by atoms with van der Waals surface area (Å²) in [4.78, 5) is 37.0. The molecule has 140 valence electrons. The number of anilines is 1. The SMILES string of the molecule is CCOC(=O)c1sc(NC(=O)Cn2nccc2C)c(C(=O)OCC)c1C. The number of rotatable bonds is 7. The Morgan fingerprint density at radius 2 is 1.81 bits per heavy atom. The first-order chi connectivity index (χ1) is 12.4. The van der Waals surface area contributed by atoms with E-state index < -0.39 is 11.9 Å². The Morgan fingerprint density at radius 3 is 2.38 bits per heavy atom. The number of thiophene rings is 1.